The summed E-state index contributed by atoms with van der Waals surface area (Å²) in [6, 6.07) is -0.331. The quantitative estimate of drug-likeness (QED) is 0.688. The normalized spacial score (nSPS) is 20.5. The Hall–Kier alpha value is -1.06. The van der Waals surface area contributed by atoms with Crippen molar-refractivity contribution in [2.24, 2.45) is 0 Å². The zero-order valence-corrected chi connectivity index (χ0v) is 9.69. The van der Waals surface area contributed by atoms with Crippen LogP contribution in [0.1, 0.15) is 27.2 Å². The number of likely N-dealkylation sites (tertiary alicyclic amines) is 1. The highest BCUT2D eigenvalue weighted by Gasteiger charge is 2.34. The van der Waals surface area contributed by atoms with Crippen LogP contribution in [-0.4, -0.2) is 47.3 Å². The van der Waals surface area contributed by atoms with Gasteiger partial charge in [0, 0.05) is 26.6 Å². The molecule has 1 aliphatic rings. The second kappa shape index (κ2) is 5.14. The van der Waals surface area contributed by atoms with Gasteiger partial charge in [-0.25, -0.2) is 0 Å². The second-order valence-electron chi connectivity index (χ2n) is 3.69. The van der Waals surface area contributed by atoms with Gasteiger partial charge in [0.25, 0.3) is 0 Å². The summed E-state index contributed by atoms with van der Waals surface area (Å²) in [6.07, 6.45) is 2.75. The maximum atomic E-state index is 12.0. The van der Waals surface area contributed by atoms with Gasteiger partial charge in [0.2, 0.25) is 11.8 Å². The first-order valence-electron chi connectivity index (χ1n) is 5.51. The average molecular weight is 211 g/mol. The van der Waals surface area contributed by atoms with E-state index >= 15 is 0 Å². The first-order valence-corrected chi connectivity index (χ1v) is 5.51. The summed E-state index contributed by atoms with van der Waals surface area (Å²) in [4.78, 5) is 26.7. The molecule has 1 radical (unpaired) electrons. The van der Waals surface area contributed by atoms with Gasteiger partial charge in [0.15, 0.2) is 0 Å². The van der Waals surface area contributed by atoms with Gasteiger partial charge in [0.1, 0.15) is 6.04 Å². The maximum absolute atomic E-state index is 12.0. The molecule has 0 aromatic rings. The van der Waals surface area contributed by atoms with Crippen LogP contribution in [0.25, 0.3) is 0 Å². The highest BCUT2D eigenvalue weighted by molar-refractivity contribution is 5.88. The van der Waals surface area contributed by atoms with Crippen LogP contribution in [0.4, 0.5) is 0 Å². The lowest BCUT2D eigenvalue weighted by Gasteiger charge is -2.28. The molecule has 0 bridgehead atoms. The summed E-state index contributed by atoms with van der Waals surface area (Å²) in [6.45, 7) is 7.49. The van der Waals surface area contributed by atoms with Gasteiger partial charge in [-0.1, -0.05) is 0 Å². The third kappa shape index (κ3) is 2.49. The summed E-state index contributed by atoms with van der Waals surface area (Å²) >= 11 is 0. The molecule has 85 valence electrons. The Morgan fingerprint density at radius 2 is 2.00 bits per heavy atom. The highest BCUT2D eigenvalue weighted by atomic mass is 16.2. The predicted molar refractivity (Wildman–Crippen MR) is 58.0 cm³/mol. The van der Waals surface area contributed by atoms with Gasteiger partial charge in [-0.15, -0.1) is 0 Å². The van der Waals surface area contributed by atoms with Crippen LogP contribution in [0.3, 0.4) is 0 Å². The molecular formula is C11H19N2O2. The Morgan fingerprint density at radius 1 is 1.40 bits per heavy atom. The average Bonchev–Trinajstić information content (AvgIpc) is 2.67. The van der Waals surface area contributed by atoms with E-state index in [9.17, 15) is 9.59 Å². The third-order valence-electron chi connectivity index (χ3n) is 2.83. The largest absolute Gasteiger partial charge is 0.341 e. The fourth-order valence-corrected chi connectivity index (χ4v) is 1.95. The summed E-state index contributed by atoms with van der Waals surface area (Å²) in [5, 5.41) is 0. The van der Waals surface area contributed by atoms with E-state index < -0.39 is 0 Å². The van der Waals surface area contributed by atoms with Crippen LogP contribution in [0.5, 0.6) is 0 Å². The molecule has 0 saturated carbocycles. The van der Waals surface area contributed by atoms with E-state index in [1.54, 1.807) is 9.80 Å². The number of carbonyl (C=O) groups is 2. The van der Waals surface area contributed by atoms with E-state index in [2.05, 4.69) is 0 Å². The molecule has 0 aromatic carbocycles. The van der Waals surface area contributed by atoms with Crippen molar-refractivity contribution in [3.8, 4) is 0 Å². The van der Waals surface area contributed by atoms with E-state index in [4.69, 9.17) is 0 Å². The van der Waals surface area contributed by atoms with E-state index in [0.29, 0.717) is 19.6 Å². The van der Waals surface area contributed by atoms with Gasteiger partial charge < -0.3 is 9.80 Å². The third-order valence-corrected chi connectivity index (χ3v) is 2.83. The highest BCUT2D eigenvalue weighted by Crippen LogP contribution is 2.18. The van der Waals surface area contributed by atoms with Crippen molar-refractivity contribution in [2.45, 2.75) is 33.2 Å². The molecule has 0 aromatic heterocycles. The standard InChI is InChI=1S/C11H19N2O2/c1-4-12(5-2)11(15)10-7-6-8-13(10)9(3)14/h7,10H,4-6,8H2,1-3H3. The maximum Gasteiger partial charge on any atom is 0.245 e. The molecule has 1 unspecified atom stereocenters. The van der Waals surface area contributed by atoms with Crippen molar-refractivity contribution in [2.75, 3.05) is 19.6 Å². The minimum Gasteiger partial charge on any atom is -0.341 e. The second-order valence-corrected chi connectivity index (χ2v) is 3.69. The predicted octanol–water partition coefficient (Wildman–Crippen LogP) is 0.680. The first-order chi connectivity index (χ1) is 7.11. The lowest BCUT2D eigenvalue weighted by atomic mass is 10.2. The summed E-state index contributed by atoms with van der Waals surface area (Å²) in [5.74, 6) is 0.0296. The van der Waals surface area contributed by atoms with Gasteiger partial charge in [-0.3, -0.25) is 9.59 Å². The van der Waals surface area contributed by atoms with E-state index in [1.165, 1.54) is 6.92 Å². The topological polar surface area (TPSA) is 40.6 Å². The molecule has 1 aliphatic heterocycles. The molecule has 0 spiro atoms. The summed E-state index contributed by atoms with van der Waals surface area (Å²) < 4.78 is 0. The van der Waals surface area contributed by atoms with Gasteiger partial charge >= 0.3 is 0 Å². The molecule has 1 fully saturated rings. The van der Waals surface area contributed by atoms with Crippen molar-refractivity contribution in [3.05, 3.63) is 6.42 Å². The van der Waals surface area contributed by atoms with Crippen LogP contribution in [-0.2, 0) is 9.59 Å². The number of rotatable bonds is 3. The van der Waals surface area contributed by atoms with Gasteiger partial charge in [-0.05, 0) is 26.7 Å². The zero-order valence-electron chi connectivity index (χ0n) is 9.69. The van der Waals surface area contributed by atoms with E-state index in [0.717, 1.165) is 6.42 Å². The van der Waals surface area contributed by atoms with Gasteiger partial charge in [0.05, 0.1) is 0 Å². The number of hydrogen-bond acceptors (Lipinski definition) is 2. The molecular weight excluding hydrogens is 192 g/mol. The smallest absolute Gasteiger partial charge is 0.245 e. The number of likely N-dealkylation sites (N-methyl/N-ethyl adjacent to an activating group) is 1. The molecule has 15 heavy (non-hydrogen) atoms. The van der Waals surface area contributed by atoms with Crippen LogP contribution in [0.2, 0.25) is 0 Å². The Kier molecular flexibility index (Phi) is 4.12. The molecule has 1 rings (SSSR count). The fourth-order valence-electron chi connectivity index (χ4n) is 1.95. The lowest BCUT2D eigenvalue weighted by Crippen LogP contribution is -2.47. The minimum atomic E-state index is -0.331. The molecule has 1 atom stereocenters. The van der Waals surface area contributed by atoms with Crippen LogP contribution >= 0.6 is 0 Å². The Labute approximate surface area is 91.2 Å². The van der Waals surface area contributed by atoms with E-state index in [-0.39, 0.29) is 17.9 Å². The first kappa shape index (κ1) is 12.0. The molecule has 4 nitrogen and oxygen atoms in total. The number of carbonyl (C=O) groups excluding carboxylic acids is 2. The molecule has 0 aliphatic carbocycles. The number of hydrogen-bond donors (Lipinski definition) is 0. The van der Waals surface area contributed by atoms with Crippen molar-refractivity contribution in [3.63, 3.8) is 0 Å². The fraction of sp³-hybridized carbons (Fsp3) is 0.727. The van der Waals surface area contributed by atoms with Crippen molar-refractivity contribution < 1.29 is 9.59 Å². The van der Waals surface area contributed by atoms with Crippen LogP contribution in [0, 0.1) is 6.42 Å². The van der Waals surface area contributed by atoms with Gasteiger partial charge in [-0.2, -0.15) is 0 Å². The monoisotopic (exact) mass is 211 g/mol. The van der Waals surface area contributed by atoms with Crippen molar-refractivity contribution in [1.82, 2.24) is 9.80 Å². The number of nitrogens with zero attached hydrogens (tertiary/aromatic N) is 2. The van der Waals surface area contributed by atoms with Crippen molar-refractivity contribution >= 4 is 11.8 Å². The molecule has 2 amide bonds. The minimum absolute atomic E-state index is 0.0192. The zero-order chi connectivity index (χ0) is 11.4. The Bertz CT molecular complexity index is 249. The van der Waals surface area contributed by atoms with Crippen LogP contribution in [0.15, 0.2) is 0 Å². The summed E-state index contributed by atoms with van der Waals surface area (Å²) in [5.41, 5.74) is 0. The summed E-state index contributed by atoms with van der Waals surface area (Å²) in [7, 11) is 0. The molecule has 4 heteroatoms. The number of amides is 2. The SMILES string of the molecule is CCN(CC)C(=O)C1[CH]CCN1C(C)=O. The van der Waals surface area contributed by atoms with Crippen molar-refractivity contribution in [1.29, 1.82) is 0 Å². The lowest BCUT2D eigenvalue weighted by molar-refractivity contribution is -0.141. The Balaban J connectivity index is 2.69. The Morgan fingerprint density at radius 3 is 2.47 bits per heavy atom. The molecule has 1 saturated heterocycles. The molecule has 1 heterocycles. The molecule has 0 N–H and O–H groups in total. The van der Waals surface area contributed by atoms with Crippen LogP contribution < -0.4 is 0 Å². The van der Waals surface area contributed by atoms with E-state index in [1.807, 2.05) is 20.3 Å².